The molecule has 3 nitrogen and oxygen atoms in total. The van der Waals surface area contributed by atoms with Gasteiger partial charge in [-0.15, -0.1) is 0 Å². The SMILES string of the molecule is O=C(O)c1ccccc1OCSc1ccccc1. The van der Waals surface area contributed by atoms with Gasteiger partial charge in [-0.25, -0.2) is 4.79 Å². The van der Waals surface area contributed by atoms with Gasteiger partial charge in [0.2, 0.25) is 0 Å². The van der Waals surface area contributed by atoms with Gasteiger partial charge in [-0.05, 0) is 24.3 Å². The lowest BCUT2D eigenvalue weighted by atomic mass is 10.2. The Morgan fingerprint density at radius 1 is 1.06 bits per heavy atom. The van der Waals surface area contributed by atoms with Crippen LogP contribution in [-0.4, -0.2) is 17.0 Å². The van der Waals surface area contributed by atoms with Gasteiger partial charge in [0.25, 0.3) is 0 Å². The van der Waals surface area contributed by atoms with E-state index in [2.05, 4.69) is 0 Å². The average molecular weight is 260 g/mol. The second-order valence-electron chi connectivity index (χ2n) is 3.52. The third-order valence-corrected chi connectivity index (χ3v) is 3.14. The number of carboxylic acids is 1. The van der Waals surface area contributed by atoms with Crippen molar-refractivity contribution in [2.45, 2.75) is 4.90 Å². The van der Waals surface area contributed by atoms with E-state index in [4.69, 9.17) is 9.84 Å². The lowest BCUT2D eigenvalue weighted by Crippen LogP contribution is -2.02. The minimum atomic E-state index is -0.977. The van der Waals surface area contributed by atoms with Gasteiger partial charge in [-0.3, -0.25) is 0 Å². The number of thioether (sulfide) groups is 1. The van der Waals surface area contributed by atoms with Crippen molar-refractivity contribution in [3.63, 3.8) is 0 Å². The molecule has 0 aromatic heterocycles. The highest BCUT2D eigenvalue weighted by Gasteiger charge is 2.09. The zero-order chi connectivity index (χ0) is 12.8. The Labute approximate surface area is 109 Å². The van der Waals surface area contributed by atoms with Crippen LogP contribution in [0.2, 0.25) is 0 Å². The van der Waals surface area contributed by atoms with E-state index in [1.807, 2.05) is 30.3 Å². The lowest BCUT2D eigenvalue weighted by molar-refractivity contribution is 0.0693. The van der Waals surface area contributed by atoms with Gasteiger partial charge in [0.15, 0.2) is 0 Å². The minimum absolute atomic E-state index is 0.186. The van der Waals surface area contributed by atoms with E-state index < -0.39 is 5.97 Å². The second-order valence-corrected chi connectivity index (χ2v) is 4.52. The maximum absolute atomic E-state index is 11.0. The molecule has 0 heterocycles. The molecule has 0 aliphatic carbocycles. The number of carboxylic acid groups (broad SMARTS) is 1. The molecule has 0 bridgehead atoms. The Morgan fingerprint density at radius 3 is 2.44 bits per heavy atom. The van der Waals surface area contributed by atoms with E-state index in [-0.39, 0.29) is 5.56 Å². The number of hydrogen-bond donors (Lipinski definition) is 1. The van der Waals surface area contributed by atoms with Crippen LogP contribution in [-0.2, 0) is 0 Å². The van der Waals surface area contributed by atoms with Crippen molar-refractivity contribution in [2.24, 2.45) is 0 Å². The van der Waals surface area contributed by atoms with Crippen LogP contribution in [0.4, 0.5) is 0 Å². The number of benzene rings is 2. The molecule has 0 saturated carbocycles. The largest absolute Gasteiger partial charge is 0.482 e. The highest BCUT2D eigenvalue weighted by Crippen LogP contribution is 2.22. The Hall–Kier alpha value is -1.94. The van der Waals surface area contributed by atoms with Crippen LogP contribution in [0.15, 0.2) is 59.5 Å². The first-order chi connectivity index (χ1) is 8.77. The zero-order valence-electron chi connectivity index (χ0n) is 9.58. The molecule has 2 rings (SSSR count). The van der Waals surface area contributed by atoms with Gasteiger partial charge in [0.05, 0.1) is 0 Å². The summed E-state index contributed by atoms with van der Waals surface area (Å²) < 4.78 is 5.48. The molecule has 92 valence electrons. The van der Waals surface area contributed by atoms with Gasteiger partial charge in [-0.2, -0.15) is 0 Å². The van der Waals surface area contributed by atoms with Gasteiger partial charge in [-0.1, -0.05) is 42.1 Å². The Morgan fingerprint density at radius 2 is 1.72 bits per heavy atom. The van der Waals surface area contributed by atoms with Crippen molar-refractivity contribution in [1.29, 1.82) is 0 Å². The highest BCUT2D eigenvalue weighted by atomic mass is 32.2. The van der Waals surface area contributed by atoms with Crippen LogP contribution < -0.4 is 4.74 Å². The molecule has 18 heavy (non-hydrogen) atoms. The van der Waals surface area contributed by atoms with Crippen molar-refractivity contribution in [3.8, 4) is 5.75 Å². The fraction of sp³-hybridized carbons (Fsp3) is 0.0714. The van der Waals surface area contributed by atoms with Crippen molar-refractivity contribution >= 4 is 17.7 Å². The van der Waals surface area contributed by atoms with Crippen LogP contribution in [0.25, 0.3) is 0 Å². The third-order valence-electron chi connectivity index (χ3n) is 2.30. The summed E-state index contributed by atoms with van der Waals surface area (Å²) >= 11 is 1.52. The summed E-state index contributed by atoms with van der Waals surface area (Å²) in [6.45, 7) is 0. The quantitative estimate of drug-likeness (QED) is 0.660. The fourth-order valence-electron chi connectivity index (χ4n) is 1.45. The molecular weight excluding hydrogens is 248 g/mol. The highest BCUT2D eigenvalue weighted by molar-refractivity contribution is 7.99. The predicted octanol–water partition coefficient (Wildman–Crippen LogP) is 3.51. The topological polar surface area (TPSA) is 46.5 Å². The number of para-hydroxylation sites is 1. The maximum atomic E-state index is 11.0. The van der Waals surface area contributed by atoms with Gasteiger partial charge in [0, 0.05) is 4.90 Å². The van der Waals surface area contributed by atoms with E-state index >= 15 is 0 Å². The molecule has 0 unspecified atom stereocenters. The Kier molecular flexibility index (Phi) is 4.25. The summed E-state index contributed by atoms with van der Waals surface area (Å²) in [6, 6.07) is 16.5. The number of ether oxygens (including phenoxy) is 1. The van der Waals surface area contributed by atoms with Crippen molar-refractivity contribution < 1.29 is 14.6 Å². The molecular formula is C14H12O3S. The number of rotatable bonds is 5. The molecule has 2 aromatic rings. The molecule has 0 radical (unpaired) electrons. The monoisotopic (exact) mass is 260 g/mol. The van der Waals surface area contributed by atoms with Crippen LogP contribution in [0.1, 0.15) is 10.4 Å². The van der Waals surface area contributed by atoms with E-state index in [1.54, 1.807) is 18.2 Å². The van der Waals surface area contributed by atoms with Crippen LogP contribution in [0.3, 0.4) is 0 Å². The predicted molar refractivity (Wildman–Crippen MR) is 71.2 cm³/mol. The third kappa shape index (κ3) is 3.28. The number of hydrogen-bond acceptors (Lipinski definition) is 3. The standard InChI is InChI=1S/C14H12O3S/c15-14(16)12-8-4-5-9-13(12)17-10-18-11-6-2-1-3-7-11/h1-9H,10H2,(H,15,16). The molecule has 0 amide bonds. The molecule has 0 aliphatic rings. The minimum Gasteiger partial charge on any atom is -0.482 e. The first-order valence-electron chi connectivity index (χ1n) is 5.40. The van der Waals surface area contributed by atoms with Crippen LogP contribution >= 0.6 is 11.8 Å². The normalized spacial score (nSPS) is 10.0. The zero-order valence-corrected chi connectivity index (χ0v) is 10.4. The van der Waals surface area contributed by atoms with Gasteiger partial charge in [0.1, 0.15) is 17.3 Å². The Bertz CT molecular complexity index is 526. The smallest absolute Gasteiger partial charge is 0.339 e. The first kappa shape index (κ1) is 12.5. The summed E-state index contributed by atoms with van der Waals surface area (Å²) in [5, 5.41) is 9.00. The van der Waals surface area contributed by atoms with Crippen molar-refractivity contribution in [2.75, 3.05) is 5.94 Å². The van der Waals surface area contributed by atoms with Crippen LogP contribution in [0, 0.1) is 0 Å². The van der Waals surface area contributed by atoms with E-state index in [9.17, 15) is 4.79 Å². The molecule has 1 N–H and O–H groups in total. The average Bonchev–Trinajstić information content (AvgIpc) is 2.40. The molecule has 0 spiro atoms. The number of aromatic carboxylic acids is 1. The molecule has 2 aromatic carbocycles. The molecule has 0 fully saturated rings. The van der Waals surface area contributed by atoms with Crippen molar-refractivity contribution in [3.05, 3.63) is 60.2 Å². The summed E-state index contributed by atoms with van der Waals surface area (Å²) in [5.41, 5.74) is 0.186. The van der Waals surface area contributed by atoms with E-state index in [0.29, 0.717) is 11.7 Å². The Balaban J connectivity index is 1.97. The molecule has 4 heteroatoms. The molecule has 0 aliphatic heterocycles. The van der Waals surface area contributed by atoms with E-state index in [0.717, 1.165) is 4.90 Å². The first-order valence-corrected chi connectivity index (χ1v) is 6.39. The summed E-state index contributed by atoms with van der Waals surface area (Å²) in [7, 11) is 0. The summed E-state index contributed by atoms with van der Waals surface area (Å²) in [6.07, 6.45) is 0. The van der Waals surface area contributed by atoms with Crippen LogP contribution in [0.5, 0.6) is 5.75 Å². The van der Waals surface area contributed by atoms with E-state index in [1.165, 1.54) is 17.8 Å². The van der Waals surface area contributed by atoms with Gasteiger partial charge < -0.3 is 9.84 Å². The fourth-order valence-corrected chi connectivity index (χ4v) is 2.12. The van der Waals surface area contributed by atoms with Crippen molar-refractivity contribution in [1.82, 2.24) is 0 Å². The maximum Gasteiger partial charge on any atom is 0.339 e. The van der Waals surface area contributed by atoms with Gasteiger partial charge >= 0.3 is 5.97 Å². The number of carbonyl (C=O) groups is 1. The summed E-state index contributed by atoms with van der Waals surface area (Å²) in [5.74, 6) is -0.197. The summed E-state index contributed by atoms with van der Waals surface area (Å²) in [4.78, 5) is 12.1. The lowest BCUT2D eigenvalue weighted by Gasteiger charge is -2.08. The second kappa shape index (κ2) is 6.12. The molecule has 0 saturated heterocycles. The molecule has 0 atom stereocenters.